The van der Waals surface area contributed by atoms with Gasteiger partial charge in [-0.1, -0.05) is 18.2 Å². The van der Waals surface area contributed by atoms with Gasteiger partial charge in [0.15, 0.2) is 0 Å². The van der Waals surface area contributed by atoms with Crippen molar-refractivity contribution in [2.45, 2.75) is 25.8 Å². The Morgan fingerprint density at radius 1 is 1.22 bits per heavy atom. The molecule has 7 heteroatoms. The molecule has 0 radical (unpaired) electrons. The topological polar surface area (TPSA) is 72.4 Å². The molecular formula is C20H19N3O3S. The van der Waals surface area contributed by atoms with Crippen LogP contribution in [0.25, 0.3) is 22.4 Å². The Hall–Kier alpha value is -2.93. The molecule has 0 saturated heterocycles. The molecule has 3 heterocycles. The van der Waals surface area contributed by atoms with Crippen LogP contribution >= 0.6 is 11.3 Å². The van der Waals surface area contributed by atoms with Gasteiger partial charge in [-0.25, -0.2) is 0 Å². The van der Waals surface area contributed by atoms with Gasteiger partial charge in [0.1, 0.15) is 11.3 Å². The summed E-state index contributed by atoms with van der Waals surface area (Å²) in [5, 5.41) is 13.0. The maximum atomic E-state index is 12.6. The van der Waals surface area contributed by atoms with Crippen LogP contribution < -0.4 is 0 Å². The number of amides is 1. The summed E-state index contributed by atoms with van der Waals surface area (Å²) < 4.78 is 11.5. The maximum absolute atomic E-state index is 12.6. The molecule has 27 heavy (non-hydrogen) atoms. The van der Waals surface area contributed by atoms with E-state index in [2.05, 4.69) is 10.2 Å². The fourth-order valence-corrected chi connectivity index (χ4v) is 3.49. The van der Waals surface area contributed by atoms with E-state index < -0.39 is 0 Å². The number of thiophene rings is 1. The third-order valence-corrected chi connectivity index (χ3v) is 5.30. The van der Waals surface area contributed by atoms with Crippen LogP contribution in [0.3, 0.4) is 0 Å². The lowest BCUT2D eigenvalue weighted by Crippen LogP contribution is -2.29. The Kier molecular flexibility index (Phi) is 4.77. The number of hydrogen-bond donors (Lipinski definition) is 0. The first-order chi connectivity index (χ1) is 13.1. The predicted molar refractivity (Wildman–Crippen MR) is 103 cm³/mol. The first-order valence-electron chi connectivity index (χ1n) is 8.71. The Balaban J connectivity index is 1.38. The Morgan fingerprint density at radius 2 is 2.07 bits per heavy atom. The van der Waals surface area contributed by atoms with Gasteiger partial charge >= 0.3 is 0 Å². The molecule has 6 nitrogen and oxygen atoms in total. The van der Waals surface area contributed by atoms with Gasteiger partial charge in [-0.05, 0) is 30.5 Å². The molecule has 0 spiro atoms. The van der Waals surface area contributed by atoms with Crippen LogP contribution in [-0.2, 0) is 11.2 Å². The van der Waals surface area contributed by atoms with E-state index in [9.17, 15) is 4.79 Å². The van der Waals surface area contributed by atoms with Crippen LogP contribution in [0.15, 0.2) is 56.0 Å². The van der Waals surface area contributed by atoms with Crippen molar-refractivity contribution in [2.75, 3.05) is 7.05 Å². The Morgan fingerprint density at radius 3 is 2.85 bits per heavy atom. The first kappa shape index (κ1) is 17.5. The largest absolute Gasteiger partial charge is 0.459 e. The van der Waals surface area contributed by atoms with Crippen LogP contribution in [0.1, 0.15) is 31.0 Å². The van der Waals surface area contributed by atoms with E-state index in [0.29, 0.717) is 24.6 Å². The van der Waals surface area contributed by atoms with Gasteiger partial charge in [-0.2, -0.15) is 11.3 Å². The quantitative estimate of drug-likeness (QED) is 0.484. The molecule has 0 bridgehead atoms. The van der Waals surface area contributed by atoms with Gasteiger partial charge in [-0.15, -0.1) is 10.2 Å². The van der Waals surface area contributed by atoms with Gasteiger partial charge in [0, 0.05) is 36.2 Å². The smallest absolute Gasteiger partial charge is 0.248 e. The zero-order valence-corrected chi connectivity index (χ0v) is 15.9. The molecule has 4 aromatic rings. The SMILES string of the molecule is CC(c1cc2ccccc2o1)N(C)C(=O)CCc1nnc(-c2ccsc2)o1. The molecule has 0 saturated carbocycles. The highest BCUT2D eigenvalue weighted by Crippen LogP contribution is 2.27. The number of benzene rings is 1. The third kappa shape index (κ3) is 3.64. The monoisotopic (exact) mass is 381 g/mol. The number of aromatic nitrogens is 2. The Bertz CT molecular complexity index is 1020. The summed E-state index contributed by atoms with van der Waals surface area (Å²) in [7, 11) is 1.78. The fraction of sp³-hybridized carbons (Fsp3) is 0.250. The first-order valence-corrected chi connectivity index (χ1v) is 9.65. The van der Waals surface area contributed by atoms with Crippen molar-refractivity contribution >= 4 is 28.2 Å². The van der Waals surface area contributed by atoms with Crippen LogP contribution in [0.2, 0.25) is 0 Å². The van der Waals surface area contributed by atoms with E-state index in [1.54, 1.807) is 23.3 Å². The second kappa shape index (κ2) is 7.36. The molecule has 1 atom stereocenters. The number of rotatable bonds is 6. The minimum absolute atomic E-state index is 0.00163. The van der Waals surface area contributed by atoms with E-state index in [0.717, 1.165) is 22.3 Å². The molecule has 0 aliphatic rings. The number of furan rings is 1. The second-order valence-electron chi connectivity index (χ2n) is 6.38. The number of hydrogen-bond acceptors (Lipinski definition) is 6. The molecular weight excluding hydrogens is 362 g/mol. The van der Waals surface area contributed by atoms with E-state index >= 15 is 0 Å². The number of para-hydroxylation sites is 1. The van der Waals surface area contributed by atoms with Crippen molar-refractivity contribution in [3.05, 3.63) is 58.8 Å². The van der Waals surface area contributed by atoms with E-state index in [1.165, 1.54) is 0 Å². The molecule has 3 aromatic heterocycles. The summed E-state index contributed by atoms with van der Waals surface area (Å²) in [4.78, 5) is 14.3. The third-order valence-electron chi connectivity index (χ3n) is 4.62. The molecule has 138 valence electrons. The van der Waals surface area contributed by atoms with Crippen molar-refractivity contribution in [1.29, 1.82) is 0 Å². The summed E-state index contributed by atoms with van der Waals surface area (Å²) in [6, 6.07) is 11.6. The van der Waals surface area contributed by atoms with Crippen LogP contribution in [0, 0.1) is 0 Å². The zero-order valence-electron chi connectivity index (χ0n) is 15.1. The average Bonchev–Trinajstić information content (AvgIpc) is 3.44. The number of aryl methyl sites for hydroxylation is 1. The second-order valence-corrected chi connectivity index (χ2v) is 7.16. The van der Waals surface area contributed by atoms with E-state index in [-0.39, 0.29) is 11.9 Å². The minimum atomic E-state index is -0.158. The van der Waals surface area contributed by atoms with Gasteiger partial charge in [0.25, 0.3) is 0 Å². The Labute approximate surface area is 160 Å². The number of nitrogens with zero attached hydrogens (tertiary/aromatic N) is 3. The highest BCUT2D eigenvalue weighted by atomic mass is 32.1. The summed E-state index contributed by atoms with van der Waals surface area (Å²) in [5.41, 5.74) is 1.73. The summed E-state index contributed by atoms with van der Waals surface area (Å²) in [6.07, 6.45) is 0.708. The lowest BCUT2D eigenvalue weighted by molar-refractivity contribution is -0.132. The predicted octanol–water partition coefficient (Wildman–Crippen LogP) is 4.70. The maximum Gasteiger partial charge on any atom is 0.248 e. The van der Waals surface area contributed by atoms with Gasteiger partial charge < -0.3 is 13.7 Å². The summed E-state index contributed by atoms with van der Waals surface area (Å²) in [5.74, 6) is 1.72. The van der Waals surface area contributed by atoms with E-state index in [1.807, 2.05) is 54.1 Å². The lowest BCUT2D eigenvalue weighted by Gasteiger charge is -2.23. The highest BCUT2D eigenvalue weighted by molar-refractivity contribution is 7.08. The zero-order chi connectivity index (χ0) is 18.8. The number of carbonyl (C=O) groups is 1. The minimum Gasteiger partial charge on any atom is -0.459 e. The lowest BCUT2D eigenvalue weighted by atomic mass is 10.2. The van der Waals surface area contributed by atoms with Crippen molar-refractivity contribution in [2.24, 2.45) is 0 Å². The van der Waals surface area contributed by atoms with E-state index in [4.69, 9.17) is 8.83 Å². The van der Waals surface area contributed by atoms with Crippen molar-refractivity contribution in [3.63, 3.8) is 0 Å². The number of fused-ring (bicyclic) bond motifs is 1. The highest BCUT2D eigenvalue weighted by Gasteiger charge is 2.21. The molecule has 0 N–H and O–H groups in total. The normalized spacial score (nSPS) is 12.4. The van der Waals surface area contributed by atoms with Crippen LogP contribution in [0.4, 0.5) is 0 Å². The molecule has 1 aromatic carbocycles. The number of carbonyl (C=O) groups excluding carboxylic acids is 1. The molecule has 1 unspecified atom stereocenters. The molecule has 4 rings (SSSR count). The molecule has 1 amide bonds. The van der Waals surface area contributed by atoms with Gasteiger partial charge in [0.05, 0.1) is 6.04 Å². The van der Waals surface area contributed by atoms with Gasteiger partial charge in [0.2, 0.25) is 17.7 Å². The van der Waals surface area contributed by atoms with Crippen molar-refractivity contribution in [3.8, 4) is 11.5 Å². The summed E-state index contributed by atoms with van der Waals surface area (Å²) >= 11 is 1.57. The van der Waals surface area contributed by atoms with Crippen LogP contribution in [-0.4, -0.2) is 28.1 Å². The average molecular weight is 381 g/mol. The fourth-order valence-electron chi connectivity index (χ4n) is 2.86. The molecule has 0 fully saturated rings. The van der Waals surface area contributed by atoms with Crippen molar-refractivity contribution < 1.29 is 13.6 Å². The summed E-state index contributed by atoms with van der Waals surface area (Å²) in [6.45, 7) is 1.96. The van der Waals surface area contributed by atoms with Crippen molar-refractivity contribution in [1.82, 2.24) is 15.1 Å². The standard InChI is InChI=1S/C20H19N3O3S/c1-13(17-11-14-5-3-4-6-16(14)25-17)23(2)19(24)8-7-18-21-22-20(26-18)15-9-10-27-12-15/h3-6,9-13H,7-8H2,1-2H3. The van der Waals surface area contributed by atoms with Gasteiger partial charge in [-0.3, -0.25) is 4.79 Å². The van der Waals surface area contributed by atoms with Crippen LogP contribution in [0.5, 0.6) is 0 Å². The molecule has 0 aliphatic carbocycles. The molecule has 0 aliphatic heterocycles.